The molecule has 0 atom stereocenters. The fourth-order valence-electron chi connectivity index (χ4n) is 2.20. The van der Waals surface area contributed by atoms with Crippen LogP contribution in [0.25, 0.3) is 0 Å². The van der Waals surface area contributed by atoms with Crippen molar-refractivity contribution in [1.82, 2.24) is 5.43 Å². The average Bonchev–Trinajstić information content (AvgIpc) is 2.63. The smallest absolute Gasteiger partial charge is 0.270 e. The Hall–Kier alpha value is -3.46. The van der Waals surface area contributed by atoms with Crippen molar-refractivity contribution in [2.24, 2.45) is 5.10 Å². The number of phenols is 1. The number of carbonyl (C=O) groups excluding carboxylic acids is 2. The lowest BCUT2D eigenvalue weighted by atomic mass is 10.2. The molecule has 0 aliphatic heterocycles. The van der Waals surface area contributed by atoms with E-state index in [4.69, 9.17) is 11.6 Å². The molecule has 9 nitrogen and oxygen atoms in total. The van der Waals surface area contributed by atoms with Gasteiger partial charge in [0.1, 0.15) is 5.75 Å². The van der Waals surface area contributed by atoms with Gasteiger partial charge in [0.25, 0.3) is 5.69 Å². The highest BCUT2D eigenvalue weighted by atomic mass is 35.5. The summed E-state index contributed by atoms with van der Waals surface area (Å²) in [4.78, 5) is 33.8. The van der Waals surface area contributed by atoms with Gasteiger partial charge in [-0.15, -0.1) is 0 Å². The van der Waals surface area contributed by atoms with E-state index in [1.807, 2.05) is 0 Å². The first-order valence-corrected chi connectivity index (χ1v) is 8.49. The first-order chi connectivity index (χ1) is 13.3. The fourth-order valence-corrected chi connectivity index (χ4v) is 2.42. The number of hydrogen-bond acceptors (Lipinski definition) is 6. The summed E-state index contributed by atoms with van der Waals surface area (Å²) < 4.78 is 0. The van der Waals surface area contributed by atoms with Crippen molar-refractivity contribution in [2.75, 3.05) is 5.32 Å². The summed E-state index contributed by atoms with van der Waals surface area (Å²) in [5, 5.41) is 27.3. The number of anilines is 1. The number of hydrazone groups is 1. The van der Waals surface area contributed by atoms with Gasteiger partial charge in [0.15, 0.2) is 0 Å². The van der Waals surface area contributed by atoms with E-state index in [0.717, 1.165) is 30.0 Å². The number of nitrogens with one attached hydrogen (secondary N) is 2. The SMILES string of the molecule is Cc1cc(Cl)ccc1NC(=O)CCC(=O)NN=Cc1cc([N+](=O)[O-])ccc1O. The van der Waals surface area contributed by atoms with E-state index in [1.165, 1.54) is 0 Å². The highest BCUT2D eigenvalue weighted by molar-refractivity contribution is 6.30. The summed E-state index contributed by atoms with van der Waals surface area (Å²) in [7, 11) is 0. The number of halogens is 1. The van der Waals surface area contributed by atoms with Crippen LogP contribution >= 0.6 is 11.6 Å². The Morgan fingerprint density at radius 2 is 1.93 bits per heavy atom. The van der Waals surface area contributed by atoms with Gasteiger partial charge in [0.2, 0.25) is 11.8 Å². The van der Waals surface area contributed by atoms with E-state index in [1.54, 1.807) is 25.1 Å². The van der Waals surface area contributed by atoms with E-state index in [0.29, 0.717) is 10.7 Å². The Morgan fingerprint density at radius 3 is 2.61 bits per heavy atom. The Balaban J connectivity index is 1.84. The molecule has 2 aromatic carbocycles. The molecule has 146 valence electrons. The monoisotopic (exact) mass is 404 g/mol. The number of hydrogen-bond donors (Lipinski definition) is 3. The maximum absolute atomic E-state index is 11.9. The van der Waals surface area contributed by atoms with E-state index in [9.17, 15) is 24.8 Å². The maximum atomic E-state index is 11.9. The van der Waals surface area contributed by atoms with Gasteiger partial charge >= 0.3 is 0 Å². The number of aryl methyl sites for hydroxylation is 1. The highest BCUT2D eigenvalue weighted by Crippen LogP contribution is 2.21. The van der Waals surface area contributed by atoms with Gasteiger partial charge in [-0.05, 0) is 36.8 Å². The van der Waals surface area contributed by atoms with E-state index >= 15 is 0 Å². The first-order valence-electron chi connectivity index (χ1n) is 8.11. The van der Waals surface area contributed by atoms with Crippen LogP contribution < -0.4 is 10.7 Å². The van der Waals surface area contributed by atoms with Gasteiger partial charge in [-0.25, -0.2) is 5.43 Å². The number of amides is 2. The van der Waals surface area contributed by atoms with E-state index < -0.39 is 10.8 Å². The topological polar surface area (TPSA) is 134 Å². The number of nitrogens with zero attached hydrogens (tertiary/aromatic N) is 2. The quantitative estimate of drug-likeness (QED) is 0.370. The molecule has 0 aliphatic carbocycles. The summed E-state index contributed by atoms with van der Waals surface area (Å²) in [5.74, 6) is -1.09. The van der Waals surface area contributed by atoms with Gasteiger partial charge in [-0.3, -0.25) is 19.7 Å². The molecule has 0 radical (unpaired) electrons. The van der Waals surface area contributed by atoms with E-state index in [2.05, 4.69) is 15.8 Å². The second-order valence-electron chi connectivity index (χ2n) is 5.80. The molecular formula is C18H17ClN4O5. The second-order valence-corrected chi connectivity index (χ2v) is 6.24. The molecule has 2 aromatic rings. The minimum absolute atomic E-state index is 0.0640. The van der Waals surface area contributed by atoms with Crippen LogP contribution in [0.4, 0.5) is 11.4 Å². The Morgan fingerprint density at radius 1 is 1.21 bits per heavy atom. The van der Waals surface area contributed by atoms with Crippen molar-refractivity contribution in [3.63, 3.8) is 0 Å². The molecule has 0 spiro atoms. The third-order valence-corrected chi connectivity index (χ3v) is 3.89. The number of aromatic hydroxyl groups is 1. The minimum atomic E-state index is -0.615. The van der Waals surface area contributed by atoms with Crippen LogP contribution in [0, 0.1) is 17.0 Å². The number of benzene rings is 2. The standard InChI is InChI=1S/C18H17ClN4O5/c1-11-8-13(19)2-4-15(11)21-17(25)6-7-18(26)22-20-10-12-9-14(23(27)28)3-5-16(12)24/h2-5,8-10,24H,6-7H2,1H3,(H,21,25)(H,22,26). The predicted octanol–water partition coefficient (Wildman–Crippen LogP) is 3.13. The summed E-state index contributed by atoms with van der Waals surface area (Å²) in [6.07, 6.45) is 0.902. The molecule has 28 heavy (non-hydrogen) atoms. The van der Waals surface area contributed by atoms with Crippen molar-refractivity contribution >= 4 is 41.0 Å². The number of non-ortho nitro benzene ring substituents is 1. The molecule has 0 saturated carbocycles. The second kappa shape index (κ2) is 9.47. The third kappa shape index (κ3) is 6.06. The van der Waals surface area contributed by atoms with E-state index in [-0.39, 0.29) is 35.7 Å². The van der Waals surface area contributed by atoms with Crippen molar-refractivity contribution in [3.05, 3.63) is 62.7 Å². The first kappa shape index (κ1) is 20.8. The van der Waals surface area contributed by atoms with Gasteiger partial charge in [-0.1, -0.05) is 11.6 Å². The maximum Gasteiger partial charge on any atom is 0.270 e. The lowest BCUT2D eigenvalue weighted by Crippen LogP contribution is -2.20. The lowest BCUT2D eigenvalue weighted by molar-refractivity contribution is -0.384. The molecule has 2 rings (SSSR count). The fraction of sp³-hybridized carbons (Fsp3) is 0.167. The van der Waals surface area contributed by atoms with Crippen LogP contribution in [0.15, 0.2) is 41.5 Å². The minimum Gasteiger partial charge on any atom is -0.507 e. The normalized spacial score (nSPS) is 10.6. The molecule has 2 amide bonds. The third-order valence-electron chi connectivity index (χ3n) is 3.66. The molecule has 10 heteroatoms. The Kier molecular flexibility index (Phi) is 7.05. The van der Waals surface area contributed by atoms with Crippen molar-refractivity contribution in [2.45, 2.75) is 19.8 Å². The number of carbonyl (C=O) groups is 2. The molecule has 0 aliphatic rings. The summed E-state index contributed by atoms with van der Waals surface area (Å²) in [6.45, 7) is 1.80. The lowest BCUT2D eigenvalue weighted by Gasteiger charge is -2.08. The average molecular weight is 405 g/mol. The molecule has 0 fully saturated rings. The van der Waals surface area contributed by atoms with Crippen LogP contribution in [-0.4, -0.2) is 28.1 Å². The number of phenolic OH excluding ortho intramolecular Hbond substituents is 1. The van der Waals surface area contributed by atoms with Gasteiger partial charge in [0, 0.05) is 41.2 Å². The molecule has 0 unspecified atom stereocenters. The number of rotatable bonds is 7. The van der Waals surface area contributed by atoms with Gasteiger partial charge < -0.3 is 10.4 Å². The van der Waals surface area contributed by atoms with Crippen LogP contribution in [0.1, 0.15) is 24.0 Å². The number of nitro benzene ring substituents is 1. The van der Waals surface area contributed by atoms with Crippen molar-refractivity contribution in [1.29, 1.82) is 0 Å². The zero-order chi connectivity index (χ0) is 20.7. The number of nitro groups is 1. The summed E-state index contributed by atoms with van der Waals surface area (Å²) in [5.41, 5.74) is 3.45. The van der Waals surface area contributed by atoms with Crippen molar-refractivity contribution < 1.29 is 19.6 Å². The Bertz CT molecular complexity index is 946. The largest absolute Gasteiger partial charge is 0.507 e. The van der Waals surface area contributed by atoms with Crippen LogP contribution in [0.2, 0.25) is 5.02 Å². The molecule has 3 N–H and O–H groups in total. The Labute approximate surface area is 165 Å². The highest BCUT2D eigenvalue weighted by Gasteiger charge is 2.10. The summed E-state index contributed by atoms with van der Waals surface area (Å²) >= 11 is 5.85. The molecule has 0 heterocycles. The van der Waals surface area contributed by atoms with Crippen LogP contribution in [0.3, 0.4) is 0 Å². The molecular weight excluding hydrogens is 388 g/mol. The molecule has 0 saturated heterocycles. The molecule has 0 bridgehead atoms. The van der Waals surface area contributed by atoms with Crippen molar-refractivity contribution in [3.8, 4) is 5.75 Å². The zero-order valence-electron chi connectivity index (χ0n) is 14.8. The predicted molar refractivity (Wildman–Crippen MR) is 105 cm³/mol. The van der Waals surface area contributed by atoms with Gasteiger partial charge in [0.05, 0.1) is 11.1 Å². The van der Waals surface area contributed by atoms with Gasteiger partial charge in [-0.2, -0.15) is 5.10 Å². The van der Waals surface area contributed by atoms with Crippen LogP contribution in [-0.2, 0) is 9.59 Å². The summed E-state index contributed by atoms with van der Waals surface area (Å²) in [6, 6.07) is 8.45. The zero-order valence-corrected chi connectivity index (χ0v) is 15.6. The van der Waals surface area contributed by atoms with Crippen LogP contribution in [0.5, 0.6) is 5.75 Å². The molecule has 0 aromatic heterocycles.